The van der Waals surface area contributed by atoms with Crippen molar-refractivity contribution >= 4 is 38.9 Å². The summed E-state index contributed by atoms with van der Waals surface area (Å²) in [6.45, 7) is 1.99. The first kappa shape index (κ1) is 14.0. The molecule has 0 saturated carbocycles. The van der Waals surface area contributed by atoms with Crippen molar-refractivity contribution in [2.45, 2.75) is 13.5 Å². The first-order chi connectivity index (χ1) is 8.97. The molecule has 19 heavy (non-hydrogen) atoms. The number of rotatable bonds is 3. The summed E-state index contributed by atoms with van der Waals surface area (Å²) in [5.74, 6) is -0.588. The van der Waals surface area contributed by atoms with Crippen LogP contribution in [0.5, 0.6) is 0 Å². The Bertz CT molecular complexity index is 608. The summed E-state index contributed by atoms with van der Waals surface area (Å²) in [7, 11) is 0. The molecule has 6 heteroatoms. The Hall–Kier alpha value is -1.40. The zero-order valence-electron chi connectivity index (χ0n) is 10.2. The second-order valence-electron chi connectivity index (χ2n) is 4.04. The third kappa shape index (κ3) is 3.33. The lowest BCUT2D eigenvalue weighted by Gasteiger charge is -2.05. The van der Waals surface area contributed by atoms with Gasteiger partial charge in [0.15, 0.2) is 0 Å². The van der Waals surface area contributed by atoms with E-state index in [2.05, 4.69) is 21.2 Å². The molecule has 3 nitrogen and oxygen atoms in total. The second-order valence-corrected chi connectivity index (χ2v) is 6.21. The minimum atomic E-state index is -0.342. The van der Waals surface area contributed by atoms with Crippen LogP contribution in [-0.4, -0.2) is 5.91 Å². The first-order valence-electron chi connectivity index (χ1n) is 5.55. The van der Waals surface area contributed by atoms with E-state index in [0.29, 0.717) is 16.1 Å². The molecule has 0 aliphatic carbocycles. The van der Waals surface area contributed by atoms with Crippen LogP contribution in [-0.2, 0) is 6.54 Å². The van der Waals surface area contributed by atoms with Gasteiger partial charge in [-0.05, 0) is 31.2 Å². The van der Waals surface area contributed by atoms with E-state index in [9.17, 15) is 9.18 Å². The summed E-state index contributed by atoms with van der Waals surface area (Å²) in [6, 6.07) is 6.25. The Kier molecular flexibility index (Phi) is 4.21. The molecule has 0 atom stereocenters. The lowest BCUT2D eigenvalue weighted by molar-refractivity contribution is 0.0954. The highest BCUT2D eigenvalue weighted by atomic mass is 79.9. The number of benzene rings is 1. The number of carbonyl (C=O) groups excluding carboxylic acids is 1. The van der Waals surface area contributed by atoms with Crippen molar-refractivity contribution in [3.8, 4) is 0 Å². The van der Waals surface area contributed by atoms with Crippen LogP contribution in [0.15, 0.2) is 28.7 Å². The van der Waals surface area contributed by atoms with Gasteiger partial charge in [0.05, 0.1) is 4.88 Å². The number of anilines is 1. The van der Waals surface area contributed by atoms with Crippen molar-refractivity contribution in [2.75, 3.05) is 5.73 Å². The maximum atomic E-state index is 13.5. The molecule has 0 saturated heterocycles. The minimum absolute atomic E-state index is 0.140. The smallest absolute Gasteiger partial charge is 0.261 e. The summed E-state index contributed by atoms with van der Waals surface area (Å²) >= 11 is 4.59. The van der Waals surface area contributed by atoms with E-state index in [4.69, 9.17) is 5.73 Å². The summed E-state index contributed by atoms with van der Waals surface area (Å²) in [5.41, 5.74) is 6.73. The van der Waals surface area contributed by atoms with Gasteiger partial charge >= 0.3 is 0 Å². The van der Waals surface area contributed by atoms with Crippen LogP contribution in [0.3, 0.4) is 0 Å². The van der Waals surface area contributed by atoms with E-state index in [1.54, 1.807) is 18.2 Å². The lowest BCUT2D eigenvalue weighted by Crippen LogP contribution is -2.22. The number of amides is 1. The summed E-state index contributed by atoms with van der Waals surface area (Å²) in [6.07, 6.45) is 0. The predicted octanol–water partition coefficient (Wildman–Crippen LogP) is 3.47. The maximum absolute atomic E-state index is 13.5. The fraction of sp³-hybridized carbons (Fsp3) is 0.154. The van der Waals surface area contributed by atoms with Crippen LogP contribution < -0.4 is 11.1 Å². The monoisotopic (exact) mass is 342 g/mol. The predicted molar refractivity (Wildman–Crippen MR) is 78.7 cm³/mol. The maximum Gasteiger partial charge on any atom is 0.261 e. The Morgan fingerprint density at radius 2 is 2.21 bits per heavy atom. The van der Waals surface area contributed by atoms with Gasteiger partial charge in [0.2, 0.25) is 0 Å². The van der Waals surface area contributed by atoms with Gasteiger partial charge in [-0.2, -0.15) is 0 Å². The quantitative estimate of drug-likeness (QED) is 0.897. The first-order valence-corrected chi connectivity index (χ1v) is 7.16. The molecular formula is C13H12BrFN2OS. The Morgan fingerprint density at radius 1 is 1.47 bits per heavy atom. The van der Waals surface area contributed by atoms with Crippen molar-refractivity contribution in [1.29, 1.82) is 0 Å². The van der Waals surface area contributed by atoms with Crippen LogP contribution in [0.25, 0.3) is 0 Å². The number of halogens is 2. The van der Waals surface area contributed by atoms with Crippen LogP contribution >= 0.6 is 27.3 Å². The number of nitrogen functional groups attached to an aromatic ring is 1. The zero-order chi connectivity index (χ0) is 14.0. The topological polar surface area (TPSA) is 55.1 Å². The minimum Gasteiger partial charge on any atom is -0.398 e. The molecule has 1 aromatic heterocycles. The van der Waals surface area contributed by atoms with Crippen molar-refractivity contribution in [1.82, 2.24) is 5.32 Å². The zero-order valence-corrected chi connectivity index (χ0v) is 12.6. The molecule has 0 aliphatic rings. The number of aryl methyl sites for hydroxylation is 1. The molecule has 0 spiro atoms. The van der Waals surface area contributed by atoms with Crippen LogP contribution in [0.4, 0.5) is 10.1 Å². The van der Waals surface area contributed by atoms with E-state index < -0.39 is 0 Å². The number of nitrogens with two attached hydrogens (primary N) is 1. The highest BCUT2D eigenvalue weighted by Crippen LogP contribution is 2.23. The van der Waals surface area contributed by atoms with E-state index in [-0.39, 0.29) is 18.3 Å². The molecule has 1 amide bonds. The van der Waals surface area contributed by atoms with Gasteiger partial charge < -0.3 is 11.1 Å². The third-order valence-electron chi connectivity index (χ3n) is 2.63. The SMILES string of the molecule is Cc1sc(C(=O)NCc2cc(Br)ccc2F)cc1N. The van der Waals surface area contributed by atoms with Crippen molar-refractivity contribution in [3.63, 3.8) is 0 Å². The van der Waals surface area contributed by atoms with Gasteiger partial charge in [0.1, 0.15) is 5.82 Å². The largest absolute Gasteiger partial charge is 0.398 e. The number of hydrogen-bond donors (Lipinski definition) is 2. The van der Waals surface area contributed by atoms with E-state index in [0.717, 1.165) is 9.35 Å². The molecule has 0 aliphatic heterocycles. The number of carbonyl (C=O) groups is 1. The van der Waals surface area contributed by atoms with Crippen LogP contribution in [0.2, 0.25) is 0 Å². The average molecular weight is 343 g/mol. The van der Waals surface area contributed by atoms with Gasteiger partial charge in [-0.3, -0.25) is 4.79 Å². The highest BCUT2D eigenvalue weighted by molar-refractivity contribution is 9.10. The molecule has 0 bridgehead atoms. The molecular weight excluding hydrogens is 331 g/mol. The van der Waals surface area contributed by atoms with Crippen molar-refractivity contribution < 1.29 is 9.18 Å². The van der Waals surface area contributed by atoms with Gasteiger partial charge in [-0.25, -0.2) is 4.39 Å². The molecule has 1 heterocycles. The van der Waals surface area contributed by atoms with Crippen LogP contribution in [0, 0.1) is 12.7 Å². The summed E-state index contributed by atoms with van der Waals surface area (Å²) in [5, 5.41) is 2.68. The van der Waals surface area contributed by atoms with E-state index in [1.165, 1.54) is 17.4 Å². The van der Waals surface area contributed by atoms with Gasteiger partial charge in [0, 0.05) is 27.1 Å². The fourth-order valence-corrected chi connectivity index (χ4v) is 2.82. The Morgan fingerprint density at radius 3 is 2.84 bits per heavy atom. The normalized spacial score (nSPS) is 10.5. The Labute approximate surface area is 122 Å². The third-order valence-corrected chi connectivity index (χ3v) is 4.19. The second kappa shape index (κ2) is 5.71. The molecule has 1 aromatic carbocycles. The summed E-state index contributed by atoms with van der Waals surface area (Å²) < 4.78 is 14.3. The molecule has 0 unspecified atom stereocenters. The van der Waals surface area contributed by atoms with E-state index in [1.807, 2.05) is 6.92 Å². The van der Waals surface area contributed by atoms with Gasteiger partial charge in [0.25, 0.3) is 5.91 Å². The van der Waals surface area contributed by atoms with Crippen LogP contribution in [0.1, 0.15) is 20.1 Å². The molecule has 2 rings (SSSR count). The molecule has 100 valence electrons. The highest BCUT2D eigenvalue weighted by Gasteiger charge is 2.11. The summed E-state index contributed by atoms with van der Waals surface area (Å²) in [4.78, 5) is 13.3. The lowest BCUT2D eigenvalue weighted by atomic mass is 10.2. The number of hydrogen-bond acceptors (Lipinski definition) is 3. The standard InChI is InChI=1S/C13H12BrFN2OS/c1-7-11(16)5-12(19-7)13(18)17-6-8-4-9(14)2-3-10(8)15/h2-5H,6,16H2,1H3,(H,17,18). The molecule has 0 fully saturated rings. The van der Waals surface area contributed by atoms with Crippen molar-refractivity contribution in [2.24, 2.45) is 0 Å². The molecule has 2 aromatic rings. The molecule has 3 N–H and O–H groups in total. The van der Waals surface area contributed by atoms with Crippen molar-refractivity contribution in [3.05, 3.63) is 49.9 Å². The fourth-order valence-electron chi connectivity index (χ4n) is 1.55. The number of nitrogens with one attached hydrogen (secondary N) is 1. The Balaban J connectivity index is 2.06. The van der Waals surface area contributed by atoms with Gasteiger partial charge in [-0.1, -0.05) is 15.9 Å². The van der Waals surface area contributed by atoms with E-state index >= 15 is 0 Å². The average Bonchev–Trinajstić information content (AvgIpc) is 2.70. The number of thiophene rings is 1. The molecule has 0 radical (unpaired) electrons. The van der Waals surface area contributed by atoms with Gasteiger partial charge in [-0.15, -0.1) is 11.3 Å².